The molecule has 0 spiro atoms. The Hall–Kier alpha value is -3.02. The quantitative estimate of drug-likeness (QED) is 0.622. The van der Waals surface area contributed by atoms with Crippen molar-refractivity contribution in [2.45, 2.75) is 12.5 Å². The molecule has 0 unspecified atom stereocenters. The number of furan rings is 1. The number of anilines is 1. The van der Waals surface area contributed by atoms with Crippen molar-refractivity contribution in [3.8, 4) is 0 Å². The molecule has 6 heteroatoms. The second kappa shape index (κ2) is 7.70. The zero-order valence-electron chi connectivity index (χ0n) is 13.9. The van der Waals surface area contributed by atoms with E-state index >= 15 is 0 Å². The van der Waals surface area contributed by atoms with Crippen LogP contribution in [0.1, 0.15) is 17.4 Å². The molecule has 3 rings (SSSR count). The molecule has 1 aromatic carbocycles. The highest BCUT2D eigenvalue weighted by Gasteiger charge is 2.29. The molecular formula is C19H21N3O3. The molecule has 1 atom stereocenters. The number of nitrogens with one attached hydrogen (secondary N) is 2. The average Bonchev–Trinajstić information content (AvgIpc) is 3.30. The number of benzene rings is 1. The van der Waals surface area contributed by atoms with Crippen LogP contribution in [-0.4, -0.2) is 31.4 Å². The Morgan fingerprint density at radius 1 is 1.20 bits per heavy atom. The fourth-order valence-electron chi connectivity index (χ4n) is 3.05. The summed E-state index contributed by atoms with van der Waals surface area (Å²) in [6, 6.07) is 11.7. The first-order valence-electron chi connectivity index (χ1n) is 8.25. The number of rotatable bonds is 6. The highest BCUT2D eigenvalue weighted by Crippen LogP contribution is 2.34. The van der Waals surface area contributed by atoms with Gasteiger partial charge in [0.2, 0.25) is 0 Å². The maximum atomic E-state index is 12.0. The molecule has 2 aromatic rings. The largest absolute Gasteiger partial charge is 0.467 e. The first-order chi connectivity index (χ1) is 12.2. The van der Waals surface area contributed by atoms with Crippen LogP contribution in [0.4, 0.5) is 5.69 Å². The number of carbonyl (C=O) groups excluding carboxylic acids is 2. The molecule has 1 aromatic heterocycles. The zero-order chi connectivity index (χ0) is 17.6. The Morgan fingerprint density at radius 3 is 2.76 bits per heavy atom. The predicted molar refractivity (Wildman–Crippen MR) is 95.2 cm³/mol. The smallest absolute Gasteiger partial charge is 0.309 e. The van der Waals surface area contributed by atoms with Crippen LogP contribution in [0.3, 0.4) is 0 Å². The van der Waals surface area contributed by atoms with Crippen molar-refractivity contribution in [1.82, 2.24) is 10.6 Å². The van der Waals surface area contributed by atoms with Crippen LogP contribution >= 0.6 is 0 Å². The van der Waals surface area contributed by atoms with Crippen molar-refractivity contribution in [3.63, 3.8) is 0 Å². The van der Waals surface area contributed by atoms with Crippen molar-refractivity contribution in [2.24, 2.45) is 0 Å². The van der Waals surface area contributed by atoms with Gasteiger partial charge in [0.1, 0.15) is 11.8 Å². The third kappa shape index (κ3) is 3.74. The minimum Gasteiger partial charge on any atom is -0.467 e. The van der Waals surface area contributed by atoms with Gasteiger partial charge >= 0.3 is 11.8 Å². The molecule has 6 nitrogen and oxygen atoms in total. The maximum Gasteiger partial charge on any atom is 0.309 e. The Labute approximate surface area is 146 Å². The maximum absolute atomic E-state index is 12.0. The highest BCUT2D eigenvalue weighted by atomic mass is 16.3. The Bertz CT molecular complexity index is 755. The van der Waals surface area contributed by atoms with Gasteiger partial charge in [-0.25, -0.2) is 0 Å². The number of amides is 2. The summed E-state index contributed by atoms with van der Waals surface area (Å²) in [5.74, 6) is -0.575. The van der Waals surface area contributed by atoms with Crippen molar-refractivity contribution in [1.29, 1.82) is 0 Å². The summed E-state index contributed by atoms with van der Waals surface area (Å²) < 4.78 is 5.57. The van der Waals surface area contributed by atoms with Crippen LogP contribution in [0.2, 0.25) is 0 Å². The number of nitrogens with zero attached hydrogens (tertiary/aromatic N) is 1. The third-order valence-corrected chi connectivity index (χ3v) is 4.24. The van der Waals surface area contributed by atoms with Crippen molar-refractivity contribution < 1.29 is 14.0 Å². The zero-order valence-corrected chi connectivity index (χ0v) is 13.9. The van der Waals surface area contributed by atoms with Crippen molar-refractivity contribution in [2.75, 3.05) is 24.5 Å². The summed E-state index contributed by atoms with van der Waals surface area (Å²) in [5.41, 5.74) is 2.41. The van der Waals surface area contributed by atoms with Crippen LogP contribution in [0.25, 0.3) is 0 Å². The normalized spacial score (nSPS) is 13.8. The lowest BCUT2D eigenvalue weighted by Crippen LogP contribution is -2.44. The molecule has 25 heavy (non-hydrogen) atoms. The van der Waals surface area contributed by atoms with Gasteiger partial charge in [-0.05, 0) is 30.2 Å². The molecule has 0 bridgehead atoms. The van der Waals surface area contributed by atoms with E-state index in [2.05, 4.69) is 34.2 Å². The summed E-state index contributed by atoms with van der Waals surface area (Å²) in [5, 5.41) is 5.17. The Kier molecular flexibility index (Phi) is 5.18. The SMILES string of the molecule is C=CCNC(=O)C(=O)NC[C@@H](c1ccco1)N1CCc2ccccc21. The lowest BCUT2D eigenvalue weighted by Gasteiger charge is -2.29. The van der Waals surface area contributed by atoms with Crippen LogP contribution < -0.4 is 15.5 Å². The predicted octanol–water partition coefficient (Wildman–Crippen LogP) is 1.80. The van der Waals surface area contributed by atoms with Gasteiger partial charge in [0.05, 0.1) is 6.26 Å². The molecule has 2 N–H and O–H groups in total. The minimum absolute atomic E-state index is 0.171. The van der Waals surface area contributed by atoms with Crippen molar-refractivity contribution >= 4 is 17.5 Å². The molecule has 2 amide bonds. The number of fused-ring (bicyclic) bond motifs is 1. The lowest BCUT2D eigenvalue weighted by atomic mass is 10.1. The van der Waals surface area contributed by atoms with E-state index < -0.39 is 11.8 Å². The van der Waals surface area contributed by atoms with E-state index in [-0.39, 0.29) is 19.1 Å². The second-order valence-electron chi connectivity index (χ2n) is 5.81. The van der Waals surface area contributed by atoms with Gasteiger partial charge in [0.15, 0.2) is 0 Å². The van der Waals surface area contributed by atoms with Gasteiger partial charge in [-0.1, -0.05) is 24.3 Å². The number of carbonyl (C=O) groups is 2. The van der Waals surface area contributed by atoms with E-state index in [0.717, 1.165) is 24.4 Å². The van der Waals surface area contributed by atoms with Crippen LogP contribution in [0, 0.1) is 0 Å². The highest BCUT2D eigenvalue weighted by molar-refractivity contribution is 6.35. The number of hydrogen-bond acceptors (Lipinski definition) is 4. The fourth-order valence-corrected chi connectivity index (χ4v) is 3.05. The molecule has 0 radical (unpaired) electrons. The van der Waals surface area contributed by atoms with E-state index in [9.17, 15) is 9.59 Å². The van der Waals surface area contributed by atoms with Gasteiger partial charge in [-0.2, -0.15) is 0 Å². The summed E-state index contributed by atoms with van der Waals surface area (Å²) >= 11 is 0. The summed E-state index contributed by atoms with van der Waals surface area (Å²) in [4.78, 5) is 25.9. The summed E-state index contributed by atoms with van der Waals surface area (Å²) in [6.45, 7) is 4.88. The van der Waals surface area contributed by atoms with E-state index in [1.54, 1.807) is 6.26 Å². The minimum atomic E-state index is -0.667. The van der Waals surface area contributed by atoms with E-state index in [1.807, 2.05) is 24.3 Å². The summed E-state index contributed by atoms with van der Waals surface area (Å²) in [6.07, 6.45) is 4.09. The molecule has 0 aliphatic carbocycles. The van der Waals surface area contributed by atoms with Crippen molar-refractivity contribution in [3.05, 3.63) is 66.6 Å². The molecule has 0 saturated carbocycles. The molecule has 0 fully saturated rings. The molecule has 2 heterocycles. The first kappa shape index (κ1) is 16.8. The van der Waals surface area contributed by atoms with Crippen LogP contribution in [0.5, 0.6) is 0 Å². The average molecular weight is 339 g/mol. The lowest BCUT2D eigenvalue weighted by molar-refractivity contribution is -0.139. The Balaban J connectivity index is 1.73. The van der Waals surface area contributed by atoms with Gasteiger partial charge < -0.3 is 20.0 Å². The standard InChI is InChI=1S/C19H21N3O3/c1-2-10-20-18(23)19(24)21-13-16(17-8-5-12-25-17)22-11-9-14-6-3-4-7-15(14)22/h2-8,12,16H,1,9-11,13H2,(H,20,23)(H,21,24)/t16-/m0/s1. The van der Waals surface area contributed by atoms with Gasteiger partial charge in [0, 0.05) is 25.3 Å². The Morgan fingerprint density at radius 2 is 2.00 bits per heavy atom. The van der Waals surface area contributed by atoms with Crippen LogP contribution in [-0.2, 0) is 16.0 Å². The number of para-hydroxylation sites is 1. The van der Waals surface area contributed by atoms with E-state index in [4.69, 9.17) is 4.42 Å². The van der Waals surface area contributed by atoms with Crippen LogP contribution in [0.15, 0.2) is 59.7 Å². The van der Waals surface area contributed by atoms with E-state index in [1.165, 1.54) is 11.6 Å². The molecular weight excluding hydrogens is 318 g/mol. The van der Waals surface area contributed by atoms with Gasteiger partial charge in [-0.3, -0.25) is 9.59 Å². The van der Waals surface area contributed by atoms with Gasteiger partial charge in [0.25, 0.3) is 0 Å². The number of hydrogen-bond donors (Lipinski definition) is 2. The topological polar surface area (TPSA) is 74.6 Å². The second-order valence-corrected chi connectivity index (χ2v) is 5.81. The molecule has 130 valence electrons. The molecule has 1 aliphatic heterocycles. The van der Waals surface area contributed by atoms with E-state index in [0.29, 0.717) is 0 Å². The molecule has 0 saturated heterocycles. The monoisotopic (exact) mass is 339 g/mol. The summed E-state index contributed by atoms with van der Waals surface area (Å²) in [7, 11) is 0. The third-order valence-electron chi connectivity index (χ3n) is 4.24. The fraction of sp³-hybridized carbons (Fsp3) is 0.263. The van der Waals surface area contributed by atoms with Gasteiger partial charge in [-0.15, -0.1) is 6.58 Å². The first-order valence-corrected chi connectivity index (χ1v) is 8.25. The molecule has 1 aliphatic rings.